The Balaban J connectivity index is 1.25. The van der Waals surface area contributed by atoms with Crippen molar-refractivity contribution in [2.24, 2.45) is 0 Å². The van der Waals surface area contributed by atoms with Crippen LogP contribution in [0.25, 0.3) is 0 Å². The molecule has 5 rings (SSSR count). The van der Waals surface area contributed by atoms with Gasteiger partial charge in [-0.2, -0.15) is 0 Å². The maximum absolute atomic E-state index is 14.0. The number of amides is 1. The van der Waals surface area contributed by atoms with E-state index >= 15 is 0 Å². The Morgan fingerprint density at radius 3 is 2.26 bits per heavy atom. The summed E-state index contributed by atoms with van der Waals surface area (Å²) in [6, 6.07) is 7.75. The summed E-state index contributed by atoms with van der Waals surface area (Å²) < 4.78 is 34.5. The fourth-order valence-corrected chi connectivity index (χ4v) is 12.1. The van der Waals surface area contributed by atoms with Gasteiger partial charge in [-0.3, -0.25) is 18.7 Å². The summed E-state index contributed by atoms with van der Waals surface area (Å²) in [7, 11) is 0.648. The normalized spacial score (nSPS) is 22.9. The monoisotopic (exact) mass is 771 g/mol. The second-order valence-electron chi connectivity index (χ2n) is 16.3. The van der Waals surface area contributed by atoms with E-state index in [4.69, 9.17) is 23.7 Å². The molecule has 1 aliphatic heterocycles. The number of aromatic nitrogens is 2. The van der Waals surface area contributed by atoms with Crippen molar-refractivity contribution in [3.8, 4) is 0 Å². The van der Waals surface area contributed by atoms with Gasteiger partial charge in [0.25, 0.3) is 5.56 Å². The Labute approximate surface area is 322 Å². The van der Waals surface area contributed by atoms with E-state index in [2.05, 4.69) is 33.0 Å². The molecular formula is C41H65N3O9Si. The van der Waals surface area contributed by atoms with E-state index in [1.54, 1.807) is 27.3 Å². The molecule has 1 saturated heterocycles. The first-order valence-electron chi connectivity index (χ1n) is 20.3. The molecule has 3 aliphatic rings. The molecule has 12 nitrogen and oxygen atoms in total. The molecule has 2 heterocycles. The summed E-state index contributed by atoms with van der Waals surface area (Å²) in [5.74, 6) is -0.895. The molecular weight excluding hydrogens is 707 g/mol. The van der Waals surface area contributed by atoms with Crippen LogP contribution < -0.4 is 21.8 Å². The van der Waals surface area contributed by atoms with Crippen LogP contribution >= 0.6 is 0 Å². The second-order valence-corrected chi connectivity index (χ2v) is 20.8. The van der Waals surface area contributed by atoms with E-state index < -0.39 is 44.5 Å². The minimum Gasteiger partial charge on any atom is -0.427 e. The molecule has 13 heteroatoms. The number of nitrogens with zero attached hydrogens (tertiary/aromatic N) is 2. The topological polar surface area (TPSA) is 139 Å². The van der Waals surface area contributed by atoms with Crippen LogP contribution in [0.3, 0.4) is 0 Å². The Kier molecular flexibility index (Phi) is 14.9. The van der Waals surface area contributed by atoms with Gasteiger partial charge in [-0.05, 0) is 60.9 Å². The highest BCUT2D eigenvalue weighted by molar-refractivity contribution is 6.87. The molecule has 302 valence electrons. The quantitative estimate of drug-likeness (QED) is 0.124. The van der Waals surface area contributed by atoms with Gasteiger partial charge in [-0.1, -0.05) is 77.6 Å². The minimum atomic E-state index is -2.65. The Bertz CT molecular complexity index is 1620. The molecule has 1 aromatic carbocycles. The molecule has 3 fully saturated rings. The predicted molar refractivity (Wildman–Crippen MR) is 210 cm³/mol. The summed E-state index contributed by atoms with van der Waals surface area (Å²) >= 11 is 0. The predicted octanol–water partition coefficient (Wildman–Crippen LogP) is 5.33. The van der Waals surface area contributed by atoms with Gasteiger partial charge in [0.2, 0.25) is 14.2 Å². The standard InChI is InChI=1S/C41H65N3O9Si/c1-28(2)54(48,29(3)4)33-19-17-31(18-20-33)25-35(45)42-23-14-24-43-38(46)30(5)27-44(40(43)47)36-26-34(53-41(50-7)21-12-9-13-22-41)37(52-36)39(49-6)51-32-15-10-8-11-16-32/h17-20,27-29,32,34,36-37,39,48H,8-16,21-26H2,1-7H3,(H,42,45)/t34-,36?,37+,39?/m0/s1. The van der Waals surface area contributed by atoms with E-state index in [9.17, 15) is 19.2 Å². The van der Waals surface area contributed by atoms with Crippen LogP contribution in [0, 0.1) is 6.92 Å². The lowest BCUT2D eigenvalue weighted by Crippen LogP contribution is -2.53. The highest BCUT2D eigenvalue weighted by atomic mass is 28.4. The van der Waals surface area contributed by atoms with Crippen molar-refractivity contribution in [2.45, 2.75) is 172 Å². The van der Waals surface area contributed by atoms with Gasteiger partial charge in [0.1, 0.15) is 12.3 Å². The lowest BCUT2D eigenvalue weighted by Gasteiger charge is -2.40. The Morgan fingerprint density at radius 1 is 1.00 bits per heavy atom. The molecule has 0 bridgehead atoms. The van der Waals surface area contributed by atoms with Crippen molar-refractivity contribution in [3.05, 3.63) is 62.4 Å². The van der Waals surface area contributed by atoms with E-state index in [0.717, 1.165) is 68.5 Å². The molecule has 1 amide bonds. The maximum Gasteiger partial charge on any atom is 0.333 e. The SMILES string of the molecule is COC(OC1CCCCC1)[C@@H]1OC(n2cc(C)c(=O)n(CCCNC(=O)Cc3ccc([Si](O)(C(C)C)C(C)C)cc3)c2=O)C[C@@H]1OC1(OC)CCCCC1. The number of methoxy groups -OCH3 is 2. The van der Waals surface area contributed by atoms with Gasteiger partial charge >= 0.3 is 5.69 Å². The van der Waals surface area contributed by atoms with E-state index in [0.29, 0.717) is 24.9 Å². The van der Waals surface area contributed by atoms with Crippen LogP contribution in [0.15, 0.2) is 40.1 Å². The highest BCUT2D eigenvalue weighted by Gasteiger charge is 2.48. The van der Waals surface area contributed by atoms with Gasteiger partial charge < -0.3 is 33.8 Å². The molecule has 2 N–H and O–H groups in total. The summed E-state index contributed by atoms with van der Waals surface area (Å²) in [6.07, 6.45) is 10.1. The number of benzene rings is 1. The van der Waals surface area contributed by atoms with E-state index in [1.165, 1.54) is 15.6 Å². The van der Waals surface area contributed by atoms with Crippen molar-refractivity contribution in [1.29, 1.82) is 0 Å². The van der Waals surface area contributed by atoms with E-state index in [1.807, 2.05) is 24.3 Å². The smallest absolute Gasteiger partial charge is 0.333 e. The van der Waals surface area contributed by atoms with Crippen LogP contribution in [0.5, 0.6) is 0 Å². The zero-order valence-electron chi connectivity index (χ0n) is 33.6. The van der Waals surface area contributed by atoms with Crippen LogP contribution in [0.4, 0.5) is 0 Å². The largest absolute Gasteiger partial charge is 0.427 e. The van der Waals surface area contributed by atoms with Crippen LogP contribution in [0.1, 0.15) is 122 Å². The number of carbonyl (C=O) groups is 1. The first-order chi connectivity index (χ1) is 25.8. The highest BCUT2D eigenvalue weighted by Crippen LogP contribution is 2.41. The third-order valence-corrected chi connectivity index (χ3v) is 16.7. The third-order valence-electron chi connectivity index (χ3n) is 11.9. The Morgan fingerprint density at radius 2 is 1.65 bits per heavy atom. The first-order valence-corrected chi connectivity index (χ1v) is 22.4. The number of hydrogen-bond acceptors (Lipinski definition) is 9. The summed E-state index contributed by atoms with van der Waals surface area (Å²) in [4.78, 5) is 51.6. The number of rotatable bonds is 17. The van der Waals surface area contributed by atoms with Gasteiger partial charge in [0, 0.05) is 58.3 Å². The molecule has 0 spiro atoms. The number of nitrogens with one attached hydrogen (secondary N) is 1. The van der Waals surface area contributed by atoms with Crippen molar-refractivity contribution < 1.29 is 33.3 Å². The molecule has 2 aliphatic carbocycles. The summed E-state index contributed by atoms with van der Waals surface area (Å²) in [5, 5.41) is 3.91. The summed E-state index contributed by atoms with van der Waals surface area (Å²) in [6.45, 7) is 10.4. The fraction of sp³-hybridized carbons (Fsp3) is 0.732. The van der Waals surface area contributed by atoms with Crippen molar-refractivity contribution >= 4 is 19.4 Å². The van der Waals surface area contributed by atoms with Gasteiger partial charge in [0.05, 0.1) is 18.6 Å². The van der Waals surface area contributed by atoms with Crippen LogP contribution in [-0.4, -0.2) is 79.3 Å². The lowest BCUT2D eigenvalue weighted by molar-refractivity contribution is -0.291. The maximum atomic E-state index is 14.0. The molecule has 54 heavy (non-hydrogen) atoms. The van der Waals surface area contributed by atoms with Crippen molar-refractivity contribution in [3.63, 3.8) is 0 Å². The Hall–Kier alpha value is -2.65. The van der Waals surface area contributed by atoms with Crippen LogP contribution in [-0.2, 0) is 41.4 Å². The molecule has 1 aromatic heterocycles. The van der Waals surface area contributed by atoms with Crippen LogP contribution in [0.2, 0.25) is 11.1 Å². The molecule has 2 saturated carbocycles. The second kappa shape index (κ2) is 19.0. The number of carbonyl (C=O) groups excluding carboxylic acids is 1. The minimum absolute atomic E-state index is 0.0634. The lowest BCUT2D eigenvalue weighted by atomic mass is 9.93. The van der Waals surface area contributed by atoms with Gasteiger partial charge in [-0.25, -0.2) is 4.79 Å². The molecule has 2 aromatic rings. The van der Waals surface area contributed by atoms with Crippen molar-refractivity contribution in [1.82, 2.24) is 14.5 Å². The molecule has 0 radical (unpaired) electrons. The average Bonchev–Trinajstić information content (AvgIpc) is 3.58. The average molecular weight is 772 g/mol. The zero-order valence-corrected chi connectivity index (χ0v) is 34.6. The zero-order chi connectivity index (χ0) is 39.0. The van der Waals surface area contributed by atoms with Crippen molar-refractivity contribution in [2.75, 3.05) is 20.8 Å². The van der Waals surface area contributed by atoms with Gasteiger partial charge in [0.15, 0.2) is 12.1 Å². The fourth-order valence-electron chi connectivity index (χ4n) is 8.68. The third kappa shape index (κ3) is 9.83. The molecule has 4 atom stereocenters. The first kappa shape index (κ1) is 42.5. The molecule has 2 unspecified atom stereocenters. The van der Waals surface area contributed by atoms with E-state index in [-0.39, 0.29) is 41.6 Å². The summed E-state index contributed by atoms with van der Waals surface area (Å²) in [5.41, 5.74) is 0.775. The van der Waals surface area contributed by atoms with Gasteiger partial charge in [-0.15, -0.1) is 0 Å². The number of hydrogen-bond donors (Lipinski definition) is 2. The number of aryl methyl sites for hydroxylation is 1. The number of ether oxygens (including phenoxy) is 5.